The van der Waals surface area contributed by atoms with Gasteiger partial charge in [0.15, 0.2) is 5.60 Å². The monoisotopic (exact) mass is 288 g/mol. The number of aliphatic imine (C=N–C) groups is 1. The van der Waals surface area contributed by atoms with Crippen molar-refractivity contribution < 1.29 is 5.11 Å². The lowest BCUT2D eigenvalue weighted by Gasteiger charge is -2.28. The standard InChI is InChI=1S/C14H13ClN4O/c15-11-3-1-10(2-4-11)14(20,13-18-7-8-19-13)12-9-16-5-6-17-12/h1-6,9,20H,7-8H2,(H,18,19). The maximum Gasteiger partial charge on any atom is 0.190 e. The molecule has 2 N–H and O–H groups in total. The first-order valence-corrected chi connectivity index (χ1v) is 6.63. The summed E-state index contributed by atoms with van der Waals surface area (Å²) in [5.74, 6) is 0.486. The third kappa shape index (κ3) is 2.15. The zero-order valence-corrected chi connectivity index (χ0v) is 11.4. The van der Waals surface area contributed by atoms with Gasteiger partial charge in [-0.3, -0.25) is 15.0 Å². The average molecular weight is 289 g/mol. The molecule has 0 radical (unpaired) electrons. The SMILES string of the molecule is OC(C1=NCCN1)(c1ccc(Cl)cc1)c1cnccn1. The Labute approximate surface area is 121 Å². The topological polar surface area (TPSA) is 70.4 Å². The molecule has 20 heavy (non-hydrogen) atoms. The second-order valence-electron chi connectivity index (χ2n) is 4.47. The van der Waals surface area contributed by atoms with E-state index in [0.717, 1.165) is 0 Å². The third-order valence-electron chi connectivity index (χ3n) is 3.21. The molecule has 3 rings (SSSR count). The zero-order valence-electron chi connectivity index (χ0n) is 10.6. The molecule has 0 bridgehead atoms. The van der Waals surface area contributed by atoms with Crippen molar-refractivity contribution in [2.75, 3.05) is 13.1 Å². The summed E-state index contributed by atoms with van der Waals surface area (Å²) in [7, 11) is 0. The molecule has 1 aliphatic heterocycles. The fourth-order valence-corrected chi connectivity index (χ4v) is 2.35. The van der Waals surface area contributed by atoms with E-state index in [-0.39, 0.29) is 0 Å². The number of hydrogen-bond donors (Lipinski definition) is 2. The molecule has 1 aromatic carbocycles. The predicted molar refractivity (Wildman–Crippen MR) is 76.8 cm³/mol. The third-order valence-corrected chi connectivity index (χ3v) is 3.46. The number of halogens is 1. The highest BCUT2D eigenvalue weighted by molar-refractivity contribution is 6.30. The number of nitrogens with one attached hydrogen (secondary N) is 1. The van der Waals surface area contributed by atoms with Gasteiger partial charge in [0.2, 0.25) is 0 Å². The molecule has 0 spiro atoms. The van der Waals surface area contributed by atoms with Crippen LogP contribution >= 0.6 is 11.6 Å². The number of nitrogens with zero attached hydrogens (tertiary/aromatic N) is 3. The minimum absolute atomic E-state index is 0.426. The quantitative estimate of drug-likeness (QED) is 0.895. The Morgan fingerprint density at radius 3 is 2.60 bits per heavy atom. The first-order valence-electron chi connectivity index (χ1n) is 6.25. The molecule has 0 saturated carbocycles. The lowest BCUT2D eigenvalue weighted by Crippen LogP contribution is -2.44. The largest absolute Gasteiger partial charge is 0.372 e. The van der Waals surface area contributed by atoms with E-state index in [1.54, 1.807) is 36.7 Å². The highest BCUT2D eigenvalue weighted by atomic mass is 35.5. The second-order valence-corrected chi connectivity index (χ2v) is 4.90. The molecule has 6 heteroatoms. The Kier molecular flexibility index (Phi) is 3.38. The fraction of sp³-hybridized carbons (Fsp3) is 0.214. The van der Waals surface area contributed by atoms with Crippen LogP contribution in [-0.2, 0) is 5.60 Å². The van der Waals surface area contributed by atoms with Gasteiger partial charge in [0.25, 0.3) is 0 Å². The van der Waals surface area contributed by atoms with E-state index in [0.29, 0.717) is 35.2 Å². The van der Waals surface area contributed by atoms with Crippen molar-refractivity contribution in [2.45, 2.75) is 5.60 Å². The van der Waals surface area contributed by atoms with Crippen molar-refractivity contribution in [3.8, 4) is 0 Å². The smallest absolute Gasteiger partial charge is 0.190 e. The van der Waals surface area contributed by atoms with Crippen molar-refractivity contribution in [3.05, 3.63) is 59.1 Å². The van der Waals surface area contributed by atoms with Crippen molar-refractivity contribution in [3.63, 3.8) is 0 Å². The molecule has 0 amide bonds. The van der Waals surface area contributed by atoms with Gasteiger partial charge < -0.3 is 10.4 Å². The van der Waals surface area contributed by atoms with Crippen molar-refractivity contribution in [2.24, 2.45) is 4.99 Å². The lowest BCUT2D eigenvalue weighted by molar-refractivity contribution is 0.147. The first kappa shape index (κ1) is 13.0. The molecule has 0 saturated heterocycles. The summed E-state index contributed by atoms with van der Waals surface area (Å²) >= 11 is 5.91. The Morgan fingerprint density at radius 2 is 2.00 bits per heavy atom. The van der Waals surface area contributed by atoms with Crippen LogP contribution in [0.25, 0.3) is 0 Å². The molecule has 1 aliphatic rings. The number of aromatic nitrogens is 2. The molecular formula is C14H13ClN4O. The first-order chi connectivity index (χ1) is 9.71. The predicted octanol–water partition coefficient (Wildman–Crippen LogP) is 1.37. The van der Waals surface area contributed by atoms with E-state index < -0.39 is 5.60 Å². The van der Waals surface area contributed by atoms with Gasteiger partial charge in [-0.2, -0.15) is 0 Å². The molecule has 5 nitrogen and oxygen atoms in total. The summed E-state index contributed by atoms with van der Waals surface area (Å²) in [5, 5.41) is 14.9. The van der Waals surface area contributed by atoms with Crippen LogP contribution < -0.4 is 5.32 Å². The van der Waals surface area contributed by atoms with Gasteiger partial charge >= 0.3 is 0 Å². The van der Waals surface area contributed by atoms with Crippen LogP contribution in [0.1, 0.15) is 11.3 Å². The van der Waals surface area contributed by atoms with Crippen molar-refractivity contribution >= 4 is 17.4 Å². The number of benzene rings is 1. The minimum Gasteiger partial charge on any atom is -0.372 e. The summed E-state index contributed by atoms with van der Waals surface area (Å²) in [4.78, 5) is 12.6. The van der Waals surface area contributed by atoms with E-state index in [1.165, 1.54) is 6.20 Å². The maximum absolute atomic E-state index is 11.2. The normalized spacial score (nSPS) is 17.2. The van der Waals surface area contributed by atoms with Crippen LogP contribution in [0.4, 0.5) is 0 Å². The highest BCUT2D eigenvalue weighted by Gasteiger charge is 2.40. The van der Waals surface area contributed by atoms with Gasteiger partial charge in [-0.15, -0.1) is 0 Å². The molecule has 2 aromatic rings. The lowest BCUT2D eigenvalue weighted by atomic mass is 9.89. The Balaban J connectivity index is 2.15. The van der Waals surface area contributed by atoms with E-state index >= 15 is 0 Å². The zero-order chi connectivity index (χ0) is 14.0. The minimum atomic E-state index is -1.44. The summed E-state index contributed by atoms with van der Waals surface area (Å²) in [6, 6.07) is 6.99. The molecule has 0 aliphatic carbocycles. The second kappa shape index (κ2) is 5.19. The van der Waals surface area contributed by atoms with Crippen molar-refractivity contribution in [1.29, 1.82) is 0 Å². The van der Waals surface area contributed by atoms with E-state index in [1.807, 2.05) is 0 Å². The summed E-state index contributed by atoms with van der Waals surface area (Å²) < 4.78 is 0. The van der Waals surface area contributed by atoms with Gasteiger partial charge in [0.1, 0.15) is 11.5 Å². The van der Waals surface area contributed by atoms with E-state index in [9.17, 15) is 5.11 Å². The van der Waals surface area contributed by atoms with Crippen LogP contribution in [0.3, 0.4) is 0 Å². The van der Waals surface area contributed by atoms with Crippen LogP contribution in [-0.4, -0.2) is 34.0 Å². The number of rotatable bonds is 3. The molecule has 1 atom stereocenters. The maximum atomic E-state index is 11.2. The van der Waals surface area contributed by atoms with E-state index in [2.05, 4.69) is 20.3 Å². The summed E-state index contributed by atoms with van der Waals surface area (Å²) in [6.07, 6.45) is 4.65. The van der Waals surface area contributed by atoms with Gasteiger partial charge in [0, 0.05) is 24.0 Å². The van der Waals surface area contributed by atoms with E-state index in [4.69, 9.17) is 11.6 Å². The van der Waals surface area contributed by atoms with Crippen molar-refractivity contribution in [1.82, 2.24) is 15.3 Å². The van der Waals surface area contributed by atoms with Gasteiger partial charge in [-0.25, -0.2) is 0 Å². The molecule has 102 valence electrons. The van der Waals surface area contributed by atoms with Gasteiger partial charge in [-0.05, 0) is 17.7 Å². The Hall–Kier alpha value is -1.98. The van der Waals surface area contributed by atoms with Crippen LogP contribution in [0.2, 0.25) is 5.02 Å². The van der Waals surface area contributed by atoms with Gasteiger partial charge in [0.05, 0.1) is 12.7 Å². The average Bonchev–Trinajstić information content (AvgIpc) is 3.03. The summed E-state index contributed by atoms with van der Waals surface area (Å²) in [5.41, 5.74) is -0.360. The Morgan fingerprint density at radius 1 is 1.20 bits per heavy atom. The molecule has 0 fully saturated rings. The molecule has 2 heterocycles. The number of amidine groups is 1. The van der Waals surface area contributed by atoms with Crippen LogP contribution in [0.15, 0.2) is 47.8 Å². The van der Waals surface area contributed by atoms with Crippen LogP contribution in [0.5, 0.6) is 0 Å². The molecule has 1 unspecified atom stereocenters. The Bertz CT molecular complexity index is 629. The highest BCUT2D eigenvalue weighted by Crippen LogP contribution is 2.30. The number of hydrogen-bond acceptors (Lipinski definition) is 5. The molecule has 1 aromatic heterocycles. The summed E-state index contributed by atoms with van der Waals surface area (Å²) in [6.45, 7) is 1.33. The van der Waals surface area contributed by atoms with Gasteiger partial charge in [-0.1, -0.05) is 23.7 Å². The fourth-order valence-electron chi connectivity index (χ4n) is 2.22. The number of aliphatic hydroxyl groups is 1. The molecular weight excluding hydrogens is 276 g/mol. The van der Waals surface area contributed by atoms with Crippen LogP contribution in [0, 0.1) is 0 Å².